The third kappa shape index (κ3) is 5.19. The summed E-state index contributed by atoms with van der Waals surface area (Å²) >= 11 is 0. The summed E-state index contributed by atoms with van der Waals surface area (Å²) in [6.45, 7) is 21.2. The van der Waals surface area contributed by atoms with Gasteiger partial charge in [0.05, 0.1) is 0 Å². The molecule has 0 amide bonds. The molecule has 8 aliphatic rings. The maximum absolute atomic E-state index is 2.77. The number of hydrogen-bond acceptors (Lipinski definition) is 0. The molecule has 0 bridgehead atoms. The van der Waals surface area contributed by atoms with E-state index in [2.05, 4.69) is 55.4 Å². The van der Waals surface area contributed by atoms with Crippen molar-refractivity contribution in [3.8, 4) is 0 Å². The Balaban J connectivity index is 1.28. The summed E-state index contributed by atoms with van der Waals surface area (Å²) in [5.74, 6) is 16.9. The molecule has 0 radical (unpaired) electrons. The fraction of sp³-hybridized carbons (Fsp3) is 1.00. The van der Waals surface area contributed by atoms with Crippen molar-refractivity contribution in [1.82, 2.24) is 0 Å². The maximum atomic E-state index is 2.77. The van der Waals surface area contributed by atoms with Crippen LogP contribution in [0.4, 0.5) is 0 Å². The van der Waals surface area contributed by atoms with Crippen molar-refractivity contribution in [1.29, 1.82) is 0 Å². The van der Waals surface area contributed by atoms with Gasteiger partial charge in [0.25, 0.3) is 0 Å². The van der Waals surface area contributed by atoms with Crippen molar-refractivity contribution in [3.63, 3.8) is 0 Å². The molecule has 274 valence electrons. The van der Waals surface area contributed by atoms with Crippen LogP contribution in [-0.2, 0) is 0 Å². The van der Waals surface area contributed by atoms with E-state index in [4.69, 9.17) is 0 Å². The largest absolute Gasteiger partial charge is 0.0649 e. The maximum Gasteiger partial charge on any atom is -0.0229 e. The van der Waals surface area contributed by atoms with E-state index in [1.54, 1.807) is 109 Å². The molecule has 0 heterocycles. The molecule has 0 N–H and O–H groups in total. The van der Waals surface area contributed by atoms with E-state index in [0.717, 1.165) is 94.7 Å². The first kappa shape index (κ1) is 35.1. The average molecular weight is 659 g/mol. The van der Waals surface area contributed by atoms with E-state index in [-0.39, 0.29) is 0 Å². The first-order valence-corrected chi connectivity index (χ1v) is 23.1. The van der Waals surface area contributed by atoms with E-state index in [1.165, 1.54) is 25.7 Å². The van der Waals surface area contributed by atoms with Crippen LogP contribution in [0.25, 0.3) is 0 Å². The highest BCUT2D eigenvalue weighted by Crippen LogP contribution is 2.78. The van der Waals surface area contributed by atoms with Gasteiger partial charge in [-0.15, -0.1) is 0 Å². The van der Waals surface area contributed by atoms with Gasteiger partial charge in [-0.25, -0.2) is 0 Å². The van der Waals surface area contributed by atoms with Gasteiger partial charge in [-0.3, -0.25) is 0 Å². The number of hydrogen-bond donors (Lipinski definition) is 0. The van der Waals surface area contributed by atoms with Gasteiger partial charge < -0.3 is 0 Å². The standard InChI is InChI=1S/C48H82/c1-9-46(7,10-2)34-26-35(47(8,11-3)12-4)29-48(28-34)40-24-23-33-25-32-22-21-31-17-13-14-18-36(31)42(32)43(33)45(40)44-38-20-16-15-19-37(38)39(30(5)6)27-41(44)48/h30-45H,9-29H2,1-8H3. The molecule has 0 aromatic carbocycles. The molecule has 0 aromatic rings. The Morgan fingerprint density at radius 2 is 1.04 bits per heavy atom. The van der Waals surface area contributed by atoms with Crippen molar-refractivity contribution in [3.05, 3.63) is 0 Å². The van der Waals surface area contributed by atoms with Crippen LogP contribution in [0.1, 0.15) is 190 Å². The van der Waals surface area contributed by atoms with Crippen molar-refractivity contribution >= 4 is 0 Å². The van der Waals surface area contributed by atoms with Crippen LogP contribution >= 0.6 is 0 Å². The van der Waals surface area contributed by atoms with Gasteiger partial charge >= 0.3 is 0 Å². The average Bonchev–Trinajstić information content (AvgIpc) is 3.63. The van der Waals surface area contributed by atoms with Gasteiger partial charge in [-0.05, 0) is 188 Å². The molecular weight excluding hydrogens is 577 g/mol. The number of rotatable bonds is 7. The first-order valence-electron chi connectivity index (χ1n) is 23.1. The highest BCUT2D eigenvalue weighted by atomic mass is 14.8. The minimum atomic E-state index is 0.523. The molecular formula is C48H82. The Bertz CT molecular complexity index is 1080. The predicted molar refractivity (Wildman–Crippen MR) is 205 cm³/mol. The van der Waals surface area contributed by atoms with Crippen LogP contribution in [0.2, 0.25) is 0 Å². The normalized spacial score (nSPS) is 50.3. The highest BCUT2D eigenvalue weighted by molar-refractivity contribution is 5.19. The molecule has 8 rings (SSSR count). The van der Waals surface area contributed by atoms with Crippen LogP contribution in [0, 0.1) is 111 Å². The van der Waals surface area contributed by atoms with E-state index < -0.39 is 0 Å². The summed E-state index contributed by atoms with van der Waals surface area (Å²) in [5.41, 5.74) is 1.68. The lowest BCUT2D eigenvalue weighted by molar-refractivity contribution is -0.102. The Kier molecular flexibility index (Phi) is 9.60. The summed E-state index contributed by atoms with van der Waals surface area (Å²) in [6, 6.07) is 0. The summed E-state index contributed by atoms with van der Waals surface area (Å²) < 4.78 is 0. The molecule has 0 nitrogen and oxygen atoms in total. The predicted octanol–water partition coefficient (Wildman–Crippen LogP) is 14.3. The van der Waals surface area contributed by atoms with Crippen LogP contribution in [-0.4, -0.2) is 0 Å². The minimum absolute atomic E-state index is 0.523. The second kappa shape index (κ2) is 13.1. The molecule has 8 fully saturated rings. The first-order chi connectivity index (χ1) is 23.1. The van der Waals surface area contributed by atoms with Gasteiger partial charge in [-0.2, -0.15) is 0 Å². The molecule has 0 saturated heterocycles. The fourth-order valence-corrected chi connectivity index (χ4v) is 17.9. The minimum Gasteiger partial charge on any atom is -0.0649 e. The Morgan fingerprint density at radius 1 is 0.500 bits per heavy atom. The molecule has 1 spiro atoms. The highest BCUT2D eigenvalue weighted by Gasteiger charge is 2.71. The Morgan fingerprint density at radius 3 is 1.67 bits per heavy atom. The zero-order chi connectivity index (χ0) is 33.6. The zero-order valence-corrected chi connectivity index (χ0v) is 33.6. The smallest absolute Gasteiger partial charge is 0.0229 e. The molecule has 0 aliphatic heterocycles. The molecule has 15 unspecified atom stereocenters. The van der Waals surface area contributed by atoms with Gasteiger partial charge in [0.1, 0.15) is 0 Å². The quantitative estimate of drug-likeness (QED) is 0.255. The van der Waals surface area contributed by atoms with Crippen molar-refractivity contribution in [2.45, 2.75) is 190 Å². The van der Waals surface area contributed by atoms with E-state index in [1.807, 2.05) is 0 Å². The third-order valence-corrected chi connectivity index (χ3v) is 21.0. The van der Waals surface area contributed by atoms with Crippen LogP contribution in [0.3, 0.4) is 0 Å². The summed E-state index contributed by atoms with van der Waals surface area (Å²) in [5, 5.41) is 0. The molecule has 0 aromatic heterocycles. The Labute approximate surface area is 300 Å². The summed E-state index contributed by atoms with van der Waals surface area (Å²) in [6.07, 6.45) is 32.8. The summed E-state index contributed by atoms with van der Waals surface area (Å²) in [7, 11) is 0. The van der Waals surface area contributed by atoms with E-state index in [9.17, 15) is 0 Å². The van der Waals surface area contributed by atoms with Gasteiger partial charge in [-0.1, -0.05) is 113 Å². The topological polar surface area (TPSA) is 0 Å². The lowest BCUT2D eigenvalue weighted by Gasteiger charge is -2.59. The fourth-order valence-electron chi connectivity index (χ4n) is 17.9. The lowest BCUT2D eigenvalue weighted by atomic mass is 9.45. The van der Waals surface area contributed by atoms with Gasteiger partial charge in [0.2, 0.25) is 0 Å². The SMILES string of the molecule is CCC(C)(CC)C1CC(C(C)(CC)CC)CC2(C1)C1CC(C(C)C)C3CCCCC3C1C1C3C(CCC12)CC1CCC2CCCCC2C13. The lowest BCUT2D eigenvalue weighted by Crippen LogP contribution is -2.51. The van der Waals surface area contributed by atoms with Gasteiger partial charge in [0, 0.05) is 0 Å². The van der Waals surface area contributed by atoms with E-state index in [0.29, 0.717) is 16.2 Å². The zero-order valence-electron chi connectivity index (χ0n) is 33.6. The molecule has 15 atom stereocenters. The van der Waals surface area contributed by atoms with Crippen molar-refractivity contribution in [2.24, 2.45) is 111 Å². The summed E-state index contributed by atoms with van der Waals surface area (Å²) in [4.78, 5) is 0. The van der Waals surface area contributed by atoms with Crippen LogP contribution < -0.4 is 0 Å². The second-order valence-corrected chi connectivity index (χ2v) is 21.9. The second-order valence-electron chi connectivity index (χ2n) is 21.9. The van der Waals surface area contributed by atoms with Crippen LogP contribution in [0.5, 0.6) is 0 Å². The molecule has 8 saturated carbocycles. The molecule has 8 aliphatic carbocycles. The van der Waals surface area contributed by atoms with E-state index >= 15 is 0 Å². The third-order valence-electron chi connectivity index (χ3n) is 21.0. The number of fused-ring (bicyclic) bond motifs is 13. The van der Waals surface area contributed by atoms with Crippen molar-refractivity contribution in [2.75, 3.05) is 0 Å². The molecule has 0 heteroatoms. The monoisotopic (exact) mass is 659 g/mol. The van der Waals surface area contributed by atoms with Crippen LogP contribution in [0.15, 0.2) is 0 Å². The Hall–Kier alpha value is 0. The molecule has 48 heavy (non-hydrogen) atoms. The van der Waals surface area contributed by atoms with Crippen molar-refractivity contribution < 1.29 is 0 Å². The van der Waals surface area contributed by atoms with Gasteiger partial charge in [0.15, 0.2) is 0 Å².